The third kappa shape index (κ3) is 4.39. The highest BCUT2D eigenvalue weighted by atomic mass is 16.5. The molecule has 1 fully saturated rings. The first-order valence-electron chi connectivity index (χ1n) is 12.9. The van der Waals surface area contributed by atoms with E-state index in [0.717, 1.165) is 65.0 Å². The SMILES string of the molecule is CC#Cc1cc(-c2ccnc(Nc3cc4c(nc3OC)CCN(C3CC3)C4)n2)cc2c1NC[C@]2(C)CO. The third-order valence-corrected chi connectivity index (χ3v) is 7.67. The van der Waals surface area contributed by atoms with Crippen molar-refractivity contribution in [1.82, 2.24) is 19.9 Å². The number of ether oxygens (including phenoxy) is 1. The molecule has 190 valence electrons. The van der Waals surface area contributed by atoms with Crippen molar-refractivity contribution in [2.24, 2.45) is 0 Å². The van der Waals surface area contributed by atoms with Crippen LogP contribution < -0.4 is 15.4 Å². The minimum Gasteiger partial charge on any atom is -0.480 e. The lowest BCUT2D eigenvalue weighted by molar-refractivity contribution is 0.219. The molecule has 2 aliphatic heterocycles. The van der Waals surface area contributed by atoms with Gasteiger partial charge in [-0.15, -0.1) is 5.92 Å². The molecule has 1 saturated carbocycles. The van der Waals surface area contributed by atoms with E-state index in [2.05, 4.69) is 51.4 Å². The second-order valence-corrected chi connectivity index (χ2v) is 10.4. The van der Waals surface area contributed by atoms with E-state index in [-0.39, 0.29) is 12.0 Å². The quantitative estimate of drug-likeness (QED) is 0.443. The zero-order chi connectivity index (χ0) is 25.6. The first kappa shape index (κ1) is 23.7. The summed E-state index contributed by atoms with van der Waals surface area (Å²) in [4.78, 5) is 16.7. The largest absolute Gasteiger partial charge is 0.480 e. The monoisotopic (exact) mass is 496 g/mol. The Balaban J connectivity index is 1.34. The molecule has 0 saturated heterocycles. The van der Waals surface area contributed by atoms with Crippen molar-refractivity contribution in [2.45, 2.75) is 51.1 Å². The number of hydrogen-bond acceptors (Lipinski definition) is 8. The van der Waals surface area contributed by atoms with Gasteiger partial charge in [0.15, 0.2) is 0 Å². The van der Waals surface area contributed by atoms with Crippen LogP contribution in [0.3, 0.4) is 0 Å². The number of rotatable bonds is 6. The van der Waals surface area contributed by atoms with Crippen molar-refractivity contribution in [3.63, 3.8) is 0 Å². The average Bonchev–Trinajstić information content (AvgIpc) is 3.72. The van der Waals surface area contributed by atoms with Gasteiger partial charge in [0, 0.05) is 54.8 Å². The number of nitrogens with one attached hydrogen (secondary N) is 2. The molecule has 1 aromatic carbocycles. The molecule has 8 nitrogen and oxygen atoms in total. The minimum absolute atomic E-state index is 0.0509. The van der Waals surface area contributed by atoms with Crippen LogP contribution in [0, 0.1) is 11.8 Å². The van der Waals surface area contributed by atoms with Gasteiger partial charge in [0.1, 0.15) is 5.69 Å². The fourth-order valence-corrected chi connectivity index (χ4v) is 5.38. The maximum absolute atomic E-state index is 10.1. The summed E-state index contributed by atoms with van der Waals surface area (Å²) < 4.78 is 5.62. The lowest BCUT2D eigenvalue weighted by Crippen LogP contribution is -2.33. The van der Waals surface area contributed by atoms with Gasteiger partial charge in [-0.25, -0.2) is 15.0 Å². The predicted octanol–water partition coefficient (Wildman–Crippen LogP) is 3.86. The van der Waals surface area contributed by atoms with E-state index in [1.54, 1.807) is 13.3 Å². The van der Waals surface area contributed by atoms with Gasteiger partial charge in [0.05, 0.1) is 30.8 Å². The van der Waals surface area contributed by atoms with E-state index in [9.17, 15) is 5.11 Å². The molecule has 1 atom stereocenters. The normalized spacial score (nSPS) is 20.3. The highest BCUT2D eigenvalue weighted by molar-refractivity contribution is 5.77. The van der Waals surface area contributed by atoms with Crippen molar-refractivity contribution < 1.29 is 9.84 Å². The lowest BCUT2D eigenvalue weighted by Gasteiger charge is -2.28. The van der Waals surface area contributed by atoms with Crippen LogP contribution in [0.2, 0.25) is 0 Å². The van der Waals surface area contributed by atoms with Crippen LogP contribution in [0.4, 0.5) is 17.3 Å². The number of aliphatic hydroxyl groups excluding tert-OH is 1. The summed E-state index contributed by atoms with van der Waals surface area (Å²) in [6.45, 7) is 6.58. The molecule has 3 N–H and O–H groups in total. The van der Waals surface area contributed by atoms with E-state index in [4.69, 9.17) is 14.7 Å². The summed E-state index contributed by atoms with van der Waals surface area (Å²) in [5, 5.41) is 16.9. The van der Waals surface area contributed by atoms with Crippen molar-refractivity contribution >= 4 is 17.3 Å². The molecular formula is C29H32N6O2. The van der Waals surface area contributed by atoms with Crippen LogP contribution in [0.5, 0.6) is 5.88 Å². The number of aromatic nitrogens is 3. The summed E-state index contributed by atoms with van der Waals surface area (Å²) >= 11 is 0. The number of methoxy groups -OCH3 is 1. The summed E-state index contributed by atoms with van der Waals surface area (Å²) in [5.41, 5.74) is 7.39. The number of fused-ring (bicyclic) bond motifs is 2. The number of aliphatic hydroxyl groups is 1. The Hall–Kier alpha value is -3.67. The minimum atomic E-state index is -0.375. The van der Waals surface area contributed by atoms with Gasteiger partial charge in [0.2, 0.25) is 11.8 Å². The summed E-state index contributed by atoms with van der Waals surface area (Å²) in [7, 11) is 1.64. The van der Waals surface area contributed by atoms with Crippen LogP contribution in [0.15, 0.2) is 30.5 Å². The topological polar surface area (TPSA) is 95.4 Å². The number of nitrogens with zero attached hydrogens (tertiary/aromatic N) is 4. The van der Waals surface area contributed by atoms with Gasteiger partial charge in [0.25, 0.3) is 0 Å². The molecule has 3 aromatic rings. The van der Waals surface area contributed by atoms with Gasteiger partial charge in [-0.2, -0.15) is 0 Å². The van der Waals surface area contributed by atoms with E-state index in [1.165, 1.54) is 18.4 Å². The molecule has 0 bridgehead atoms. The van der Waals surface area contributed by atoms with Crippen LogP contribution in [-0.2, 0) is 18.4 Å². The molecule has 6 rings (SSSR count). The van der Waals surface area contributed by atoms with Crippen molar-refractivity contribution in [3.8, 4) is 29.0 Å². The predicted molar refractivity (Wildman–Crippen MR) is 144 cm³/mol. The van der Waals surface area contributed by atoms with Gasteiger partial charge in [-0.1, -0.05) is 12.8 Å². The van der Waals surface area contributed by atoms with Gasteiger partial charge in [-0.3, -0.25) is 4.90 Å². The molecule has 4 heterocycles. The Kier molecular flexibility index (Phi) is 5.98. The molecule has 0 unspecified atom stereocenters. The van der Waals surface area contributed by atoms with Crippen molar-refractivity contribution in [1.29, 1.82) is 0 Å². The van der Waals surface area contributed by atoms with Crippen LogP contribution >= 0.6 is 0 Å². The Labute approximate surface area is 217 Å². The summed E-state index contributed by atoms with van der Waals surface area (Å²) in [6, 6.07) is 8.90. The third-order valence-electron chi connectivity index (χ3n) is 7.67. The maximum Gasteiger partial charge on any atom is 0.237 e. The molecular weight excluding hydrogens is 464 g/mol. The standard InChI is InChI=1S/C29H32N6O2/c1-4-5-18-12-19(13-22-26(18)31-16-29(22,2)17-36)23-8-10-30-28(33-23)34-25-14-20-15-35(21-6-7-21)11-9-24(20)32-27(25)37-3/h8,10,12-14,21,31,36H,6-7,9,11,15-17H2,1-3H3,(H,30,33,34)/t29-/m1/s1. The molecule has 0 spiro atoms. The first-order chi connectivity index (χ1) is 18.0. The second kappa shape index (κ2) is 9.33. The number of anilines is 3. The number of pyridine rings is 1. The maximum atomic E-state index is 10.1. The van der Waals surface area contributed by atoms with E-state index < -0.39 is 0 Å². The highest BCUT2D eigenvalue weighted by Gasteiger charge is 2.36. The highest BCUT2D eigenvalue weighted by Crippen LogP contribution is 2.41. The summed E-state index contributed by atoms with van der Waals surface area (Å²) in [5.74, 6) is 7.25. The van der Waals surface area contributed by atoms with Crippen LogP contribution in [0.25, 0.3) is 11.3 Å². The van der Waals surface area contributed by atoms with Crippen molar-refractivity contribution in [3.05, 3.63) is 52.8 Å². The van der Waals surface area contributed by atoms with Crippen molar-refractivity contribution in [2.75, 3.05) is 37.4 Å². The van der Waals surface area contributed by atoms with E-state index in [0.29, 0.717) is 18.4 Å². The van der Waals surface area contributed by atoms with Gasteiger partial charge >= 0.3 is 0 Å². The summed E-state index contributed by atoms with van der Waals surface area (Å²) in [6.07, 6.45) is 5.29. The first-order valence-corrected chi connectivity index (χ1v) is 12.9. The molecule has 8 heteroatoms. The molecule has 37 heavy (non-hydrogen) atoms. The molecule has 0 radical (unpaired) electrons. The van der Waals surface area contributed by atoms with Gasteiger partial charge in [-0.05, 0) is 55.2 Å². The molecule has 0 amide bonds. The van der Waals surface area contributed by atoms with E-state index in [1.807, 2.05) is 19.1 Å². The Morgan fingerprint density at radius 2 is 2.14 bits per heavy atom. The Morgan fingerprint density at radius 3 is 2.89 bits per heavy atom. The number of benzene rings is 1. The van der Waals surface area contributed by atoms with E-state index >= 15 is 0 Å². The smallest absolute Gasteiger partial charge is 0.237 e. The number of hydrogen-bond donors (Lipinski definition) is 3. The Morgan fingerprint density at radius 1 is 1.27 bits per heavy atom. The molecule has 3 aliphatic rings. The fraction of sp³-hybridized carbons (Fsp3) is 0.414. The molecule has 2 aromatic heterocycles. The lowest BCUT2D eigenvalue weighted by atomic mass is 9.83. The zero-order valence-corrected chi connectivity index (χ0v) is 21.6. The average molecular weight is 497 g/mol. The molecule has 1 aliphatic carbocycles. The van der Waals surface area contributed by atoms with Crippen LogP contribution in [-0.4, -0.2) is 57.8 Å². The zero-order valence-electron chi connectivity index (χ0n) is 21.6. The Bertz CT molecular complexity index is 1420. The fourth-order valence-electron chi connectivity index (χ4n) is 5.38. The van der Waals surface area contributed by atoms with Gasteiger partial charge < -0.3 is 20.5 Å². The van der Waals surface area contributed by atoms with Crippen LogP contribution in [0.1, 0.15) is 49.1 Å². The second-order valence-electron chi connectivity index (χ2n) is 10.4.